The Bertz CT molecular complexity index is 529. The van der Waals surface area contributed by atoms with Crippen LogP contribution in [-0.2, 0) is 22.2 Å². The van der Waals surface area contributed by atoms with E-state index < -0.39 is 29.3 Å². The summed E-state index contributed by atoms with van der Waals surface area (Å²) in [5, 5.41) is 8.58. The summed E-state index contributed by atoms with van der Waals surface area (Å²) in [5.74, 6) is -3.39. The van der Waals surface area contributed by atoms with Gasteiger partial charge in [-0.25, -0.2) is 0 Å². The number of ketones is 1. The first kappa shape index (κ1) is 14.7. The maximum Gasteiger partial charge on any atom is 0.416 e. The lowest BCUT2D eigenvalue weighted by Crippen LogP contribution is -2.30. The lowest BCUT2D eigenvalue weighted by molar-refractivity contribution is -0.137. The van der Waals surface area contributed by atoms with Crippen LogP contribution >= 0.6 is 0 Å². The lowest BCUT2D eigenvalue weighted by atomic mass is 9.98. The fraction of sp³-hybridized carbons (Fsp3) is 0.250. The first-order valence-corrected chi connectivity index (χ1v) is 5.13. The molecule has 0 aliphatic heterocycles. The molecule has 7 heteroatoms. The zero-order valence-corrected chi connectivity index (χ0v) is 9.57. The van der Waals surface area contributed by atoms with E-state index in [1.165, 1.54) is 6.07 Å². The number of Topliss-reactive ketones (excluding diaryl/α,β-unsaturated/α-hetero) is 1. The molecule has 0 aliphatic carbocycles. The molecule has 0 saturated carbocycles. The Morgan fingerprint density at radius 3 is 2.16 bits per heavy atom. The van der Waals surface area contributed by atoms with Crippen LogP contribution in [0.5, 0.6) is 0 Å². The van der Waals surface area contributed by atoms with Crippen molar-refractivity contribution in [2.75, 3.05) is 0 Å². The van der Waals surface area contributed by atoms with E-state index in [9.17, 15) is 22.8 Å². The van der Waals surface area contributed by atoms with Gasteiger partial charge in [0.05, 0.1) is 11.6 Å². The Morgan fingerprint density at radius 1 is 1.26 bits per heavy atom. The van der Waals surface area contributed by atoms with Gasteiger partial charge in [-0.3, -0.25) is 9.59 Å². The van der Waals surface area contributed by atoms with Gasteiger partial charge in [-0.15, -0.1) is 0 Å². The van der Waals surface area contributed by atoms with Crippen LogP contribution in [0.15, 0.2) is 24.3 Å². The molecule has 1 rings (SSSR count). The monoisotopic (exact) mass is 270 g/mol. The van der Waals surface area contributed by atoms with Crippen molar-refractivity contribution in [3.05, 3.63) is 35.4 Å². The van der Waals surface area contributed by atoms with Crippen molar-refractivity contribution in [3.8, 4) is 6.07 Å². The Labute approximate surface area is 106 Å². The minimum absolute atomic E-state index is 0.277. The molecule has 1 unspecified atom stereocenters. The van der Waals surface area contributed by atoms with Gasteiger partial charge in [0.25, 0.3) is 0 Å². The Balaban J connectivity index is 2.82. The molecule has 0 saturated heterocycles. The van der Waals surface area contributed by atoms with Crippen molar-refractivity contribution >= 4 is 11.7 Å². The molecule has 0 spiro atoms. The molecular formula is C12H9F3N2O2. The number of carbonyl (C=O) groups is 2. The van der Waals surface area contributed by atoms with Crippen LogP contribution in [0.25, 0.3) is 0 Å². The van der Waals surface area contributed by atoms with E-state index in [0.29, 0.717) is 0 Å². The van der Waals surface area contributed by atoms with Gasteiger partial charge >= 0.3 is 6.18 Å². The standard InChI is InChI=1S/C12H9F3N2O2/c13-12(14,15)8-3-1-7(2-4-8)5-10(18)9(6-16)11(17)19/h1-4,9H,5H2,(H2,17,19). The summed E-state index contributed by atoms with van der Waals surface area (Å²) in [6, 6.07) is 5.35. The molecule has 1 aromatic rings. The van der Waals surface area contributed by atoms with E-state index in [1.807, 2.05) is 0 Å². The van der Waals surface area contributed by atoms with Crippen LogP contribution < -0.4 is 5.73 Å². The summed E-state index contributed by atoms with van der Waals surface area (Å²) >= 11 is 0. The van der Waals surface area contributed by atoms with Crippen LogP contribution in [0, 0.1) is 17.2 Å². The smallest absolute Gasteiger partial charge is 0.368 e. The number of hydrogen-bond donors (Lipinski definition) is 1. The van der Waals surface area contributed by atoms with E-state index in [0.717, 1.165) is 24.3 Å². The first-order valence-electron chi connectivity index (χ1n) is 5.13. The van der Waals surface area contributed by atoms with Crippen molar-refractivity contribution in [2.24, 2.45) is 11.7 Å². The molecule has 19 heavy (non-hydrogen) atoms. The maximum atomic E-state index is 12.3. The molecule has 2 N–H and O–H groups in total. The number of rotatable bonds is 4. The number of hydrogen-bond acceptors (Lipinski definition) is 3. The number of amides is 1. The Kier molecular flexibility index (Phi) is 4.27. The van der Waals surface area contributed by atoms with Crippen molar-refractivity contribution in [1.82, 2.24) is 0 Å². The average molecular weight is 270 g/mol. The maximum absolute atomic E-state index is 12.3. The molecule has 0 fully saturated rings. The number of nitriles is 1. The number of benzene rings is 1. The fourth-order valence-corrected chi connectivity index (χ4v) is 1.41. The van der Waals surface area contributed by atoms with E-state index in [4.69, 9.17) is 11.0 Å². The summed E-state index contributed by atoms with van der Waals surface area (Å²) in [4.78, 5) is 22.3. The average Bonchev–Trinajstić information content (AvgIpc) is 2.28. The third kappa shape index (κ3) is 3.81. The van der Waals surface area contributed by atoms with Crippen molar-refractivity contribution in [2.45, 2.75) is 12.6 Å². The van der Waals surface area contributed by atoms with Gasteiger partial charge in [0.1, 0.15) is 0 Å². The highest BCUT2D eigenvalue weighted by atomic mass is 19.4. The predicted molar refractivity (Wildman–Crippen MR) is 58.5 cm³/mol. The van der Waals surface area contributed by atoms with E-state index >= 15 is 0 Å². The van der Waals surface area contributed by atoms with Crippen LogP contribution in [0.3, 0.4) is 0 Å². The number of primary amides is 1. The van der Waals surface area contributed by atoms with Gasteiger partial charge in [0.2, 0.25) is 5.91 Å². The molecule has 1 aromatic carbocycles. The second-order valence-corrected chi connectivity index (χ2v) is 3.80. The SMILES string of the molecule is N#CC(C(N)=O)C(=O)Cc1ccc(C(F)(F)F)cc1. The summed E-state index contributed by atoms with van der Waals surface area (Å²) < 4.78 is 36.9. The number of nitrogens with two attached hydrogens (primary N) is 1. The molecule has 100 valence electrons. The molecule has 0 radical (unpaired) electrons. The number of nitrogens with zero attached hydrogens (tertiary/aromatic N) is 1. The molecule has 0 aliphatic rings. The quantitative estimate of drug-likeness (QED) is 0.840. The predicted octanol–water partition coefficient (Wildman–Crippen LogP) is 1.44. The largest absolute Gasteiger partial charge is 0.416 e. The zero-order valence-electron chi connectivity index (χ0n) is 9.57. The topological polar surface area (TPSA) is 83.9 Å². The first-order chi connectivity index (χ1) is 8.75. The van der Waals surface area contributed by atoms with Crippen LogP contribution in [0.2, 0.25) is 0 Å². The summed E-state index contributed by atoms with van der Waals surface area (Å²) in [6.45, 7) is 0. The van der Waals surface area contributed by atoms with Crippen LogP contribution in [0.4, 0.5) is 13.2 Å². The zero-order chi connectivity index (χ0) is 14.6. The minimum atomic E-state index is -4.45. The van der Waals surface area contributed by atoms with Gasteiger partial charge in [0, 0.05) is 6.42 Å². The fourth-order valence-electron chi connectivity index (χ4n) is 1.41. The van der Waals surface area contributed by atoms with Crippen LogP contribution in [0.1, 0.15) is 11.1 Å². The van der Waals surface area contributed by atoms with E-state index in [-0.39, 0.29) is 12.0 Å². The molecule has 4 nitrogen and oxygen atoms in total. The molecule has 0 heterocycles. The number of alkyl halides is 3. The molecule has 1 atom stereocenters. The Hall–Kier alpha value is -2.36. The van der Waals surface area contributed by atoms with Gasteiger partial charge in [-0.05, 0) is 17.7 Å². The molecule has 0 aromatic heterocycles. The van der Waals surface area contributed by atoms with Gasteiger partial charge in [0.15, 0.2) is 11.7 Å². The van der Waals surface area contributed by atoms with Gasteiger partial charge < -0.3 is 5.73 Å². The summed E-state index contributed by atoms with van der Waals surface area (Å²) in [6.07, 6.45) is -4.77. The normalized spacial score (nSPS) is 12.5. The van der Waals surface area contributed by atoms with Crippen molar-refractivity contribution < 1.29 is 22.8 Å². The van der Waals surface area contributed by atoms with Gasteiger partial charge in [-0.2, -0.15) is 18.4 Å². The minimum Gasteiger partial charge on any atom is -0.368 e. The summed E-state index contributed by atoms with van der Waals surface area (Å²) in [7, 11) is 0. The third-order valence-electron chi connectivity index (χ3n) is 2.40. The third-order valence-corrected chi connectivity index (χ3v) is 2.40. The molecule has 1 amide bonds. The number of halogens is 3. The van der Waals surface area contributed by atoms with Crippen molar-refractivity contribution in [1.29, 1.82) is 5.26 Å². The van der Waals surface area contributed by atoms with Crippen LogP contribution in [-0.4, -0.2) is 11.7 Å². The summed E-state index contributed by atoms with van der Waals surface area (Å²) in [5.41, 5.74) is 4.29. The Morgan fingerprint density at radius 2 is 1.79 bits per heavy atom. The highest BCUT2D eigenvalue weighted by molar-refractivity contribution is 6.03. The number of carbonyl (C=O) groups excluding carboxylic acids is 2. The van der Waals surface area contributed by atoms with E-state index in [2.05, 4.69) is 0 Å². The van der Waals surface area contributed by atoms with Gasteiger partial charge in [-0.1, -0.05) is 12.1 Å². The van der Waals surface area contributed by atoms with E-state index in [1.54, 1.807) is 0 Å². The highest BCUT2D eigenvalue weighted by Crippen LogP contribution is 2.29. The lowest BCUT2D eigenvalue weighted by Gasteiger charge is -2.08. The van der Waals surface area contributed by atoms with Crippen molar-refractivity contribution in [3.63, 3.8) is 0 Å². The molecular weight excluding hydrogens is 261 g/mol. The highest BCUT2D eigenvalue weighted by Gasteiger charge is 2.30. The second kappa shape index (κ2) is 5.52. The second-order valence-electron chi connectivity index (χ2n) is 3.80. The molecule has 0 bridgehead atoms.